The standard InChI is InChI=1S/C28H34N2O5/c1-4-5-6-7-8-13-26(31)34-19-18-29-24-12-10-9-11-23(24)27(2,3)28(29)17-16-21-20-22(30(32)33)14-15-25(21)35-28/h9-12,14-17,20H,4-8,13,18-19H2,1-3H3. The van der Waals surface area contributed by atoms with Crippen molar-refractivity contribution < 1.29 is 19.2 Å². The maximum absolute atomic E-state index is 12.3. The molecule has 2 aromatic rings. The summed E-state index contributed by atoms with van der Waals surface area (Å²) in [5, 5.41) is 11.2. The van der Waals surface area contributed by atoms with E-state index in [0.717, 1.165) is 30.5 Å². The molecular formula is C28H34N2O5. The Morgan fingerprint density at radius 3 is 2.66 bits per heavy atom. The van der Waals surface area contributed by atoms with E-state index in [4.69, 9.17) is 9.47 Å². The first-order chi connectivity index (χ1) is 16.8. The van der Waals surface area contributed by atoms with E-state index in [1.807, 2.05) is 24.3 Å². The molecule has 0 amide bonds. The van der Waals surface area contributed by atoms with E-state index in [9.17, 15) is 14.9 Å². The lowest BCUT2D eigenvalue weighted by molar-refractivity contribution is -0.384. The number of hydrogen-bond donors (Lipinski definition) is 0. The first-order valence-corrected chi connectivity index (χ1v) is 12.5. The Bertz CT molecular complexity index is 1130. The first kappa shape index (κ1) is 24.8. The minimum Gasteiger partial charge on any atom is -0.464 e. The lowest BCUT2D eigenvalue weighted by atomic mass is 9.76. The summed E-state index contributed by atoms with van der Waals surface area (Å²) in [4.78, 5) is 25.3. The average molecular weight is 479 g/mol. The Morgan fingerprint density at radius 1 is 1.11 bits per heavy atom. The zero-order valence-electron chi connectivity index (χ0n) is 20.8. The third kappa shape index (κ3) is 4.64. The Morgan fingerprint density at radius 2 is 1.89 bits per heavy atom. The van der Waals surface area contributed by atoms with Crippen molar-refractivity contribution in [2.45, 2.75) is 70.4 Å². The summed E-state index contributed by atoms with van der Waals surface area (Å²) in [5.74, 6) is 0.424. The van der Waals surface area contributed by atoms with Gasteiger partial charge in [-0.3, -0.25) is 14.9 Å². The number of rotatable bonds is 10. The molecule has 7 nitrogen and oxygen atoms in total. The predicted molar refractivity (Wildman–Crippen MR) is 137 cm³/mol. The van der Waals surface area contributed by atoms with Crippen molar-refractivity contribution in [2.24, 2.45) is 0 Å². The second-order valence-electron chi connectivity index (χ2n) is 9.79. The number of para-hydroxylation sites is 1. The zero-order chi connectivity index (χ0) is 25.1. The zero-order valence-corrected chi connectivity index (χ0v) is 20.8. The number of nitro benzene ring substituents is 1. The van der Waals surface area contributed by atoms with Gasteiger partial charge in [0.05, 0.1) is 16.9 Å². The van der Waals surface area contributed by atoms with E-state index in [1.54, 1.807) is 6.07 Å². The van der Waals surface area contributed by atoms with Crippen LogP contribution < -0.4 is 9.64 Å². The topological polar surface area (TPSA) is 81.9 Å². The molecule has 0 radical (unpaired) electrons. The number of esters is 1. The summed E-state index contributed by atoms with van der Waals surface area (Å²) in [6, 6.07) is 12.8. The molecule has 0 bridgehead atoms. The maximum Gasteiger partial charge on any atom is 0.305 e. The summed E-state index contributed by atoms with van der Waals surface area (Å²) in [6.07, 6.45) is 9.76. The van der Waals surface area contributed by atoms with Crippen molar-refractivity contribution in [1.29, 1.82) is 0 Å². The monoisotopic (exact) mass is 478 g/mol. The molecule has 2 aliphatic heterocycles. The van der Waals surface area contributed by atoms with Crippen molar-refractivity contribution in [3.8, 4) is 5.75 Å². The minimum absolute atomic E-state index is 0.0281. The van der Waals surface area contributed by atoms with Crippen LogP contribution in [0.5, 0.6) is 5.75 Å². The third-order valence-corrected chi connectivity index (χ3v) is 7.19. The Kier molecular flexibility index (Phi) is 7.15. The highest BCUT2D eigenvalue weighted by Gasteiger charge is 2.58. The molecule has 0 saturated carbocycles. The molecule has 7 heteroatoms. The smallest absolute Gasteiger partial charge is 0.305 e. The van der Waals surface area contributed by atoms with Crippen LogP contribution >= 0.6 is 0 Å². The second kappa shape index (κ2) is 10.1. The van der Waals surface area contributed by atoms with Crippen molar-refractivity contribution in [2.75, 3.05) is 18.1 Å². The Labute approximate surface area is 206 Å². The van der Waals surface area contributed by atoms with Crippen LogP contribution in [0.1, 0.15) is 70.4 Å². The number of hydrogen-bond acceptors (Lipinski definition) is 6. The van der Waals surface area contributed by atoms with E-state index < -0.39 is 16.1 Å². The highest BCUT2D eigenvalue weighted by Crippen LogP contribution is 2.54. The molecule has 2 aromatic carbocycles. The number of anilines is 1. The normalized spacial score (nSPS) is 19.2. The molecule has 1 unspecified atom stereocenters. The summed E-state index contributed by atoms with van der Waals surface area (Å²) < 4.78 is 12.3. The van der Waals surface area contributed by atoms with E-state index >= 15 is 0 Å². The molecular weight excluding hydrogens is 444 g/mol. The number of fused-ring (bicyclic) bond motifs is 2. The minimum atomic E-state index is -0.855. The molecule has 1 spiro atoms. The van der Waals surface area contributed by atoms with Crippen LogP contribution in [0, 0.1) is 10.1 Å². The lowest BCUT2D eigenvalue weighted by Gasteiger charge is -2.47. The molecule has 0 aromatic heterocycles. The molecule has 186 valence electrons. The third-order valence-electron chi connectivity index (χ3n) is 7.19. The molecule has 0 N–H and O–H groups in total. The van der Waals surface area contributed by atoms with Gasteiger partial charge in [-0.25, -0.2) is 0 Å². The van der Waals surface area contributed by atoms with Crippen LogP contribution in [0.3, 0.4) is 0 Å². The fourth-order valence-electron chi connectivity index (χ4n) is 5.19. The van der Waals surface area contributed by atoms with Gasteiger partial charge >= 0.3 is 5.97 Å². The second-order valence-corrected chi connectivity index (χ2v) is 9.79. The number of benzene rings is 2. The highest BCUT2D eigenvalue weighted by molar-refractivity contribution is 5.73. The van der Waals surface area contributed by atoms with Crippen LogP contribution in [0.2, 0.25) is 0 Å². The van der Waals surface area contributed by atoms with E-state index in [2.05, 4.69) is 37.8 Å². The van der Waals surface area contributed by atoms with Crippen LogP contribution in [0.4, 0.5) is 11.4 Å². The van der Waals surface area contributed by atoms with Crippen LogP contribution in [0.15, 0.2) is 48.5 Å². The van der Waals surface area contributed by atoms with Crippen molar-refractivity contribution in [3.63, 3.8) is 0 Å². The molecule has 0 fully saturated rings. The van der Waals surface area contributed by atoms with Gasteiger partial charge in [0, 0.05) is 29.8 Å². The first-order valence-electron chi connectivity index (χ1n) is 12.5. The number of nitrogens with zero attached hydrogens (tertiary/aromatic N) is 2. The van der Waals surface area contributed by atoms with Crippen LogP contribution in [0.25, 0.3) is 6.08 Å². The lowest BCUT2D eigenvalue weighted by Crippen LogP contribution is -2.60. The average Bonchev–Trinajstić information content (AvgIpc) is 3.02. The quantitative estimate of drug-likeness (QED) is 0.170. The van der Waals surface area contributed by atoms with Gasteiger partial charge < -0.3 is 14.4 Å². The van der Waals surface area contributed by atoms with E-state index in [0.29, 0.717) is 24.3 Å². The predicted octanol–water partition coefficient (Wildman–Crippen LogP) is 6.40. The van der Waals surface area contributed by atoms with Crippen molar-refractivity contribution in [1.82, 2.24) is 0 Å². The van der Waals surface area contributed by atoms with Gasteiger partial charge in [-0.15, -0.1) is 0 Å². The number of carbonyl (C=O) groups is 1. The molecule has 2 aliphatic rings. The number of unbranched alkanes of at least 4 members (excludes halogenated alkanes) is 4. The van der Waals surface area contributed by atoms with Gasteiger partial charge in [0.2, 0.25) is 5.72 Å². The van der Waals surface area contributed by atoms with Gasteiger partial charge in [0.15, 0.2) is 0 Å². The molecule has 35 heavy (non-hydrogen) atoms. The SMILES string of the molecule is CCCCCCCC(=O)OCCN1c2ccccc2C(C)(C)C12C=Cc1cc([N+](=O)[O-])ccc1O2. The summed E-state index contributed by atoms with van der Waals surface area (Å²) in [7, 11) is 0. The summed E-state index contributed by atoms with van der Waals surface area (Å²) in [5.41, 5.74) is 1.58. The fraction of sp³-hybridized carbons (Fsp3) is 0.464. The fourth-order valence-corrected chi connectivity index (χ4v) is 5.19. The highest BCUT2D eigenvalue weighted by atomic mass is 16.6. The van der Waals surface area contributed by atoms with Crippen molar-refractivity contribution in [3.05, 3.63) is 69.8 Å². The molecule has 0 aliphatic carbocycles. The van der Waals surface area contributed by atoms with E-state index in [1.165, 1.54) is 25.0 Å². The largest absolute Gasteiger partial charge is 0.464 e. The molecule has 1 atom stereocenters. The molecule has 0 saturated heterocycles. The van der Waals surface area contributed by atoms with Gasteiger partial charge in [-0.1, -0.05) is 50.8 Å². The number of non-ortho nitro benzene ring substituents is 1. The summed E-state index contributed by atoms with van der Waals surface area (Å²) in [6.45, 7) is 7.16. The number of nitro groups is 1. The van der Waals surface area contributed by atoms with Gasteiger partial charge in [-0.2, -0.15) is 0 Å². The number of carbonyl (C=O) groups excluding carboxylic acids is 1. The van der Waals surface area contributed by atoms with Crippen LogP contribution in [-0.2, 0) is 14.9 Å². The Hall–Kier alpha value is -3.35. The number of ether oxygens (including phenoxy) is 2. The van der Waals surface area contributed by atoms with Gasteiger partial charge in [0.1, 0.15) is 12.4 Å². The molecule has 2 heterocycles. The maximum atomic E-state index is 12.3. The Balaban J connectivity index is 1.53. The summed E-state index contributed by atoms with van der Waals surface area (Å²) >= 11 is 0. The van der Waals surface area contributed by atoms with E-state index in [-0.39, 0.29) is 18.3 Å². The van der Waals surface area contributed by atoms with Crippen molar-refractivity contribution >= 4 is 23.4 Å². The van der Waals surface area contributed by atoms with Gasteiger partial charge in [0.25, 0.3) is 5.69 Å². The van der Waals surface area contributed by atoms with Gasteiger partial charge in [-0.05, 0) is 50.1 Å². The van der Waals surface area contributed by atoms with Crippen LogP contribution in [-0.4, -0.2) is 29.8 Å². The molecule has 4 rings (SSSR count).